The Balaban J connectivity index is 3.21. The fraction of sp³-hybridized carbons (Fsp3) is 0.900. The van der Waals surface area contributed by atoms with Gasteiger partial charge in [-0.1, -0.05) is 20.8 Å². The van der Waals surface area contributed by atoms with Crippen molar-refractivity contribution in [3.05, 3.63) is 0 Å². The predicted octanol–water partition coefficient (Wildman–Crippen LogP) is 0.756. The van der Waals surface area contributed by atoms with Crippen LogP contribution in [0.3, 0.4) is 0 Å². The predicted molar refractivity (Wildman–Crippen MR) is 110 cm³/mol. The van der Waals surface area contributed by atoms with Gasteiger partial charge in [-0.15, -0.1) is 0 Å². The molecule has 172 valence electrons. The molecule has 0 bridgehead atoms. The number of hydrogen-bond donors (Lipinski definition) is 2. The van der Waals surface area contributed by atoms with Crippen LogP contribution in [-0.2, 0) is 33.3 Å². The van der Waals surface area contributed by atoms with Gasteiger partial charge in [0.25, 0.3) is 0 Å². The zero-order chi connectivity index (χ0) is 22.0. The Morgan fingerprint density at radius 2 is 1.14 bits per heavy atom. The molecule has 0 rings (SSSR count). The molecule has 0 aliphatic rings. The van der Waals surface area contributed by atoms with Gasteiger partial charge in [0.15, 0.2) is 0 Å². The van der Waals surface area contributed by atoms with Crippen LogP contribution in [0.1, 0.15) is 34.6 Å². The lowest BCUT2D eigenvalue weighted by molar-refractivity contribution is -0.129. The summed E-state index contributed by atoms with van der Waals surface area (Å²) in [7, 11) is 0. The van der Waals surface area contributed by atoms with Crippen molar-refractivity contribution in [2.45, 2.75) is 40.7 Å². The summed E-state index contributed by atoms with van der Waals surface area (Å²) in [6, 6.07) is 0. The standard InChI is InChI=1S/C20H40N2O7/c1-17(2)29-16-18(23)21-6-8-25-10-12-27-14-15-28-13-11-26-9-7-22-19(24)20(3,4)5/h17H,6-16H2,1-5H3,(H,21,23)(H,22,24). The third-order valence-corrected chi connectivity index (χ3v) is 3.45. The van der Waals surface area contributed by atoms with Gasteiger partial charge in [0, 0.05) is 18.5 Å². The first-order chi connectivity index (χ1) is 13.7. The van der Waals surface area contributed by atoms with E-state index < -0.39 is 0 Å². The molecule has 0 spiro atoms. The van der Waals surface area contributed by atoms with Crippen LogP contribution in [-0.4, -0.2) is 90.5 Å². The fourth-order valence-electron chi connectivity index (χ4n) is 1.82. The zero-order valence-electron chi connectivity index (χ0n) is 18.7. The highest BCUT2D eigenvalue weighted by atomic mass is 16.6. The zero-order valence-corrected chi connectivity index (χ0v) is 18.7. The highest BCUT2D eigenvalue weighted by molar-refractivity contribution is 5.81. The molecule has 29 heavy (non-hydrogen) atoms. The first-order valence-corrected chi connectivity index (χ1v) is 10.2. The molecule has 0 unspecified atom stereocenters. The van der Waals surface area contributed by atoms with Crippen molar-refractivity contribution in [3.63, 3.8) is 0 Å². The summed E-state index contributed by atoms with van der Waals surface area (Å²) in [5.41, 5.74) is -0.382. The van der Waals surface area contributed by atoms with Crippen LogP contribution in [0.5, 0.6) is 0 Å². The largest absolute Gasteiger partial charge is 0.377 e. The van der Waals surface area contributed by atoms with Crippen molar-refractivity contribution in [2.24, 2.45) is 5.41 Å². The van der Waals surface area contributed by atoms with Gasteiger partial charge >= 0.3 is 0 Å². The highest BCUT2D eigenvalue weighted by Gasteiger charge is 2.20. The molecule has 0 heterocycles. The number of amides is 2. The van der Waals surface area contributed by atoms with Gasteiger partial charge in [0.1, 0.15) is 6.61 Å². The van der Waals surface area contributed by atoms with Crippen molar-refractivity contribution in [2.75, 3.05) is 72.6 Å². The first-order valence-electron chi connectivity index (χ1n) is 10.2. The van der Waals surface area contributed by atoms with Gasteiger partial charge in [-0.25, -0.2) is 0 Å². The maximum absolute atomic E-state index is 11.6. The third kappa shape index (κ3) is 19.8. The summed E-state index contributed by atoms with van der Waals surface area (Å²) < 4.78 is 26.7. The number of carbonyl (C=O) groups is 2. The van der Waals surface area contributed by atoms with Crippen molar-refractivity contribution < 1.29 is 33.3 Å². The summed E-state index contributed by atoms with van der Waals surface area (Å²) in [6.45, 7) is 14.1. The van der Waals surface area contributed by atoms with Crippen LogP contribution in [0.15, 0.2) is 0 Å². The van der Waals surface area contributed by atoms with E-state index in [4.69, 9.17) is 23.7 Å². The molecule has 2 N–H and O–H groups in total. The van der Waals surface area contributed by atoms with Crippen LogP contribution in [0.2, 0.25) is 0 Å². The van der Waals surface area contributed by atoms with E-state index in [0.717, 1.165) is 0 Å². The molecule has 0 radical (unpaired) electrons. The molecule has 0 aromatic rings. The molecule has 0 atom stereocenters. The van der Waals surface area contributed by atoms with E-state index >= 15 is 0 Å². The van der Waals surface area contributed by atoms with Crippen molar-refractivity contribution >= 4 is 11.8 Å². The van der Waals surface area contributed by atoms with Crippen LogP contribution in [0.25, 0.3) is 0 Å². The Kier molecular flexibility index (Phi) is 16.8. The Bertz CT molecular complexity index is 426. The van der Waals surface area contributed by atoms with Gasteiger partial charge in [-0.2, -0.15) is 0 Å². The van der Waals surface area contributed by atoms with E-state index in [1.165, 1.54) is 0 Å². The Morgan fingerprint density at radius 1 is 0.724 bits per heavy atom. The van der Waals surface area contributed by atoms with Crippen molar-refractivity contribution in [3.8, 4) is 0 Å². The minimum Gasteiger partial charge on any atom is -0.377 e. The van der Waals surface area contributed by atoms with E-state index in [1.54, 1.807) is 0 Å². The number of nitrogens with one attached hydrogen (secondary N) is 2. The molecular weight excluding hydrogens is 380 g/mol. The minimum absolute atomic E-state index is 0.0134. The second kappa shape index (κ2) is 17.6. The molecular formula is C20H40N2O7. The second-order valence-corrected chi connectivity index (χ2v) is 7.67. The van der Waals surface area contributed by atoms with Gasteiger partial charge in [-0.3, -0.25) is 9.59 Å². The first kappa shape index (κ1) is 27.7. The Hall–Kier alpha value is -1.26. The monoisotopic (exact) mass is 420 g/mol. The van der Waals surface area contributed by atoms with Gasteiger partial charge in [0.2, 0.25) is 11.8 Å². The normalized spacial score (nSPS) is 11.7. The summed E-state index contributed by atoms with van der Waals surface area (Å²) in [4.78, 5) is 23.0. The molecule has 9 nitrogen and oxygen atoms in total. The van der Waals surface area contributed by atoms with Gasteiger partial charge in [-0.05, 0) is 13.8 Å². The van der Waals surface area contributed by atoms with E-state index in [9.17, 15) is 9.59 Å². The quantitative estimate of drug-likeness (QED) is 0.315. The lowest BCUT2D eigenvalue weighted by atomic mass is 9.96. The van der Waals surface area contributed by atoms with Crippen molar-refractivity contribution in [1.82, 2.24) is 10.6 Å². The SMILES string of the molecule is CC(C)OCC(=O)NCCOCCOCCOCCOCCNC(=O)C(C)(C)C. The second-order valence-electron chi connectivity index (χ2n) is 7.67. The van der Waals surface area contributed by atoms with E-state index in [1.807, 2.05) is 34.6 Å². The average molecular weight is 421 g/mol. The van der Waals surface area contributed by atoms with Crippen LogP contribution < -0.4 is 10.6 Å². The summed E-state index contributed by atoms with van der Waals surface area (Å²) >= 11 is 0. The number of carbonyl (C=O) groups excluding carboxylic acids is 2. The van der Waals surface area contributed by atoms with Gasteiger partial charge < -0.3 is 34.3 Å². The van der Waals surface area contributed by atoms with Crippen LogP contribution in [0, 0.1) is 5.41 Å². The molecule has 0 aliphatic carbocycles. The molecule has 2 amide bonds. The van der Waals surface area contributed by atoms with Gasteiger partial charge in [0.05, 0.1) is 59.0 Å². The van der Waals surface area contributed by atoms with Crippen molar-refractivity contribution in [1.29, 1.82) is 0 Å². The lowest BCUT2D eigenvalue weighted by Crippen LogP contribution is -2.36. The topological polar surface area (TPSA) is 104 Å². The maximum atomic E-state index is 11.6. The minimum atomic E-state index is -0.382. The lowest BCUT2D eigenvalue weighted by Gasteiger charge is -2.17. The molecule has 0 fully saturated rings. The number of ether oxygens (including phenoxy) is 5. The fourth-order valence-corrected chi connectivity index (χ4v) is 1.82. The van der Waals surface area contributed by atoms with Crippen LogP contribution >= 0.6 is 0 Å². The summed E-state index contributed by atoms with van der Waals surface area (Å²) in [6.07, 6.45) is 0.0401. The highest BCUT2D eigenvalue weighted by Crippen LogP contribution is 2.11. The summed E-state index contributed by atoms with van der Waals surface area (Å²) in [5, 5.41) is 5.53. The maximum Gasteiger partial charge on any atom is 0.246 e. The molecule has 0 aliphatic heterocycles. The Labute approximate surface area is 175 Å². The average Bonchev–Trinajstić information content (AvgIpc) is 2.64. The molecule has 0 saturated carbocycles. The number of hydrogen-bond acceptors (Lipinski definition) is 7. The van der Waals surface area contributed by atoms with Crippen LogP contribution in [0.4, 0.5) is 0 Å². The van der Waals surface area contributed by atoms with E-state index in [0.29, 0.717) is 65.9 Å². The molecule has 9 heteroatoms. The Morgan fingerprint density at radius 3 is 1.55 bits per heavy atom. The molecule has 0 aromatic carbocycles. The van der Waals surface area contributed by atoms with E-state index in [2.05, 4.69) is 10.6 Å². The smallest absolute Gasteiger partial charge is 0.246 e. The van der Waals surface area contributed by atoms with E-state index in [-0.39, 0.29) is 29.9 Å². The third-order valence-electron chi connectivity index (χ3n) is 3.45. The number of rotatable bonds is 18. The summed E-state index contributed by atoms with van der Waals surface area (Å²) in [5.74, 6) is -0.131. The molecule has 0 aromatic heterocycles. The molecule has 0 saturated heterocycles.